The number of halogens is 1. The van der Waals surface area contributed by atoms with Gasteiger partial charge in [-0.15, -0.1) is 0 Å². The molecule has 2 atom stereocenters. The van der Waals surface area contributed by atoms with Crippen LogP contribution in [0.5, 0.6) is 5.75 Å². The lowest BCUT2D eigenvalue weighted by Gasteiger charge is -2.42. The Hall–Kier alpha value is -0.930. The first-order valence-electron chi connectivity index (χ1n) is 7.53. The van der Waals surface area contributed by atoms with Crippen molar-refractivity contribution in [3.05, 3.63) is 23.2 Å². The van der Waals surface area contributed by atoms with Gasteiger partial charge in [0.1, 0.15) is 5.75 Å². The highest BCUT2D eigenvalue weighted by Gasteiger charge is 2.26. The van der Waals surface area contributed by atoms with Crippen molar-refractivity contribution in [2.24, 2.45) is 0 Å². The summed E-state index contributed by atoms with van der Waals surface area (Å²) in [4.78, 5) is 2.49. The molecule has 1 aliphatic heterocycles. The van der Waals surface area contributed by atoms with Gasteiger partial charge < -0.3 is 15.0 Å². The van der Waals surface area contributed by atoms with Gasteiger partial charge in [-0.1, -0.05) is 31.9 Å². The number of rotatable bonds is 5. The van der Waals surface area contributed by atoms with Gasteiger partial charge in [-0.2, -0.15) is 0 Å². The van der Waals surface area contributed by atoms with Crippen LogP contribution in [0.2, 0.25) is 5.02 Å². The molecule has 1 saturated heterocycles. The van der Waals surface area contributed by atoms with E-state index in [1.165, 1.54) is 18.5 Å². The fourth-order valence-electron chi connectivity index (χ4n) is 2.92. The van der Waals surface area contributed by atoms with Gasteiger partial charge in [-0.05, 0) is 31.0 Å². The minimum Gasteiger partial charge on any atom is -0.495 e. The van der Waals surface area contributed by atoms with Gasteiger partial charge in [0.2, 0.25) is 0 Å². The van der Waals surface area contributed by atoms with Crippen molar-refractivity contribution in [2.45, 2.75) is 45.2 Å². The standard InChI is InChI=1S/C16H25ClN2O/c1-4-6-12-11-19(13(5-2)10-18-12)14-7-8-16(20-3)15(17)9-14/h7-9,12-13,18H,4-6,10-11H2,1-3H3. The number of piperazine rings is 1. The third-order valence-corrected chi connectivity index (χ3v) is 4.37. The van der Waals surface area contributed by atoms with Crippen molar-refractivity contribution < 1.29 is 4.74 Å². The lowest BCUT2D eigenvalue weighted by atomic mass is 10.0. The predicted molar refractivity (Wildman–Crippen MR) is 86.1 cm³/mol. The molecule has 2 unspecified atom stereocenters. The first kappa shape index (κ1) is 15.5. The number of nitrogens with zero attached hydrogens (tertiary/aromatic N) is 1. The summed E-state index contributed by atoms with van der Waals surface area (Å²) in [6.07, 6.45) is 3.57. The Balaban J connectivity index is 2.19. The van der Waals surface area contributed by atoms with Gasteiger partial charge in [0.25, 0.3) is 0 Å². The molecule has 1 N–H and O–H groups in total. The summed E-state index contributed by atoms with van der Waals surface area (Å²) in [6.45, 7) is 6.58. The number of nitrogens with one attached hydrogen (secondary N) is 1. The number of ether oxygens (including phenoxy) is 1. The van der Waals surface area contributed by atoms with E-state index in [0.29, 0.717) is 17.1 Å². The van der Waals surface area contributed by atoms with Gasteiger partial charge in [0, 0.05) is 30.9 Å². The number of hydrogen-bond donors (Lipinski definition) is 1. The maximum atomic E-state index is 6.27. The van der Waals surface area contributed by atoms with E-state index in [9.17, 15) is 0 Å². The molecule has 0 saturated carbocycles. The first-order valence-corrected chi connectivity index (χ1v) is 7.90. The molecule has 1 aliphatic rings. The van der Waals surface area contributed by atoms with Crippen molar-refractivity contribution in [2.75, 3.05) is 25.1 Å². The van der Waals surface area contributed by atoms with Crippen LogP contribution in [-0.2, 0) is 0 Å². The quantitative estimate of drug-likeness (QED) is 0.896. The average Bonchev–Trinajstić information content (AvgIpc) is 2.47. The maximum absolute atomic E-state index is 6.27. The molecule has 0 radical (unpaired) electrons. The molecule has 1 fully saturated rings. The van der Waals surface area contributed by atoms with Crippen LogP contribution in [0, 0.1) is 0 Å². The lowest BCUT2D eigenvalue weighted by molar-refractivity contribution is 0.369. The van der Waals surface area contributed by atoms with Crippen LogP contribution in [-0.4, -0.2) is 32.3 Å². The Labute approximate surface area is 127 Å². The van der Waals surface area contributed by atoms with Crippen LogP contribution in [0.25, 0.3) is 0 Å². The second-order valence-corrected chi connectivity index (χ2v) is 5.83. The molecule has 0 bridgehead atoms. The normalized spacial score (nSPS) is 22.9. The van der Waals surface area contributed by atoms with Crippen molar-refractivity contribution in [3.63, 3.8) is 0 Å². The Morgan fingerprint density at radius 1 is 1.40 bits per heavy atom. The van der Waals surface area contributed by atoms with Gasteiger partial charge >= 0.3 is 0 Å². The Morgan fingerprint density at radius 3 is 2.80 bits per heavy atom. The van der Waals surface area contributed by atoms with E-state index in [2.05, 4.69) is 30.1 Å². The zero-order valence-corrected chi connectivity index (χ0v) is 13.4. The summed E-state index contributed by atoms with van der Waals surface area (Å²) in [5, 5.41) is 4.34. The van der Waals surface area contributed by atoms with Crippen LogP contribution >= 0.6 is 11.6 Å². The van der Waals surface area contributed by atoms with Crippen LogP contribution in [0.15, 0.2) is 18.2 Å². The second-order valence-electron chi connectivity index (χ2n) is 5.43. The maximum Gasteiger partial charge on any atom is 0.137 e. The van der Waals surface area contributed by atoms with Crippen molar-refractivity contribution in [1.29, 1.82) is 0 Å². The zero-order chi connectivity index (χ0) is 14.5. The van der Waals surface area contributed by atoms with Gasteiger partial charge in [-0.25, -0.2) is 0 Å². The first-order chi connectivity index (χ1) is 9.69. The zero-order valence-electron chi connectivity index (χ0n) is 12.7. The van der Waals surface area contributed by atoms with Gasteiger partial charge in [0.15, 0.2) is 0 Å². The Morgan fingerprint density at radius 2 is 2.20 bits per heavy atom. The molecule has 0 aliphatic carbocycles. The topological polar surface area (TPSA) is 24.5 Å². The molecule has 0 aromatic heterocycles. The third kappa shape index (κ3) is 3.39. The molecule has 1 heterocycles. The molecule has 112 valence electrons. The van der Waals surface area contributed by atoms with Crippen molar-refractivity contribution in [1.82, 2.24) is 5.32 Å². The molecule has 0 spiro atoms. The molecule has 20 heavy (non-hydrogen) atoms. The Bertz CT molecular complexity index is 438. The van der Waals surface area contributed by atoms with E-state index in [4.69, 9.17) is 16.3 Å². The molecule has 1 aromatic carbocycles. The average molecular weight is 297 g/mol. The SMILES string of the molecule is CCCC1CN(c2ccc(OC)c(Cl)c2)C(CC)CN1. The van der Waals surface area contributed by atoms with Crippen molar-refractivity contribution >= 4 is 17.3 Å². The summed E-state index contributed by atoms with van der Waals surface area (Å²) in [6, 6.07) is 7.21. The monoisotopic (exact) mass is 296 g/mol. The van der Waals surface area contributed by atoms with E-state index in [0.717, 1.165) is 25.3 Å². The summed E-state index contributed by atoms with van der Waals surface area (Å²) < 4.78 is 5.24. The fourth-order valence-corrected chi connectivity index (χ4v) is 3.17. The second kappa shape index (κ2) is 7.19. The van der Waals surface area contributed by atoms with E-state index in [1.54, 1.807) is 7.11 Å². The third-order valence-electron chi connectivity index (χ3n) is 4.08. The molecular formula is C16H25ClN2O. The smallest absolute Gasteiger partial charge is 0.137 e. The highest BCUT2D eigenvalue weighted by Crippen LogP contribution is 2.31. The Kier molecular flexibility index (Phi) is 5.55. The molecular weight excluding hydrogens is 272 g/mol. The molecule has 3 nitrogen and oxygen atoms in total. The number of benzene rings is 1. The van der Waals surface area contributed by atoms with Gasteiger partial charge in [-0.3, -0.25) is 0 Å². The highest BCUT2D eigenvalue weighted by atomic mass is 35.5. The van der Waals surface area contributed by atoms with E-state index >= 15 is 0 Å². The lowest BCUT2D eigenvalue weighted by Crippen LogP contribution is -2.56. The number of hydrogen-bond acceptors (Lipinski definition) is 3. The van der Waals surface area contributed by atoms with E-state index < -0.39 is 0 Å². The van der Waals surface area contributed by atoms with Crippen molar-refractivity contribution in [3.8, 4) is 5.75 Å². The van der Waals surface area contributed by atoms with Gasteiger partial charge in [0.05, 0.1) is 12.1 Å². The van der Waals surface area contributed by atoms with Crippen LogP contribution in [0.3, 0.4) is 0 Å². The summed E-state index contributed by atoms with van der Waals surface area (Å²) >= 11 is 6.27. The largest absolute Gasteiger partial charge is 0.495 e. The number of anilines is 1. The van der Waals surface area contributed by atoms with Crippen LogP contribution in [0.4, 0.5) is 5.69 Å². The summed E-state index contributed by atoms with van der Waals surface area (Å²) in [7, 11) is 1.65. The minimum atomic E-state index is 0.535. The van der Waals surface area contributed by atoms with Crippen LogP contribution in [0.1, 0.15) is 33.1 Å². The fraction of sp³-hybridized carbons (Fsp3) is 0.625. The number of methoxy groups -OCH3 is 1. The molecule has 2 rings (SSSR count). The predicted octanol–water partition coefficient (Wildman–Crippen LogP) is 3.71. The van der Waals surface area contributed by atoms with E-state index in [-0.39, 0.29) is 0 Å². The summed E-state index contributed by atoms with van der Waals surface area (Å²) in [5.41, 5.74) is 1.20. The highest BCUT2D eigenvalue weighted by molar-refractivity contribution is 6.32. The molecule has 1 aromatic rings. The minimum absolute atomic E-state index is 0.535. The van der Waals surface area contributed by atoms with Crippen LogP contribution < -0.4 is 15.0 Å². The molecule has 0 amide bonds. The van der Waals surface area contributed by atoms with E-state index in [1.807, 2.05) is 12.1 Å². The summed E-state index contributed by atoms with van der Waals surface area (Å²) in [5.74, 6) is 0.740. The molecule has 4 heteroatoms.